The largest absolute Gasteiger partial charge is 0.320 e. The summed E-state index contributed by atoms with van der Waals surface area (Å²) in [5, 5.41) is 14.4. The molecule has 0 saturated heterocycles. The summed E-state index contributed by atoms with van der Waals surface area (Å²) in [4.78, 5) is 12.3. The van der Waals surface area contributed by atoms with E-state index >= 15 is 0 Å². The number of carbonyl (C=O) groups is 1. The highest BCUT2D eigenvalue weighted by Gasteiger charge is 2.12. The number of rotatable bonds is 7. The number of anilines is 1. The van der Waals surface area contributed by atoms with Crippen LogP contribution in [0.15, 0.2) is 42.6 Å². The SMILES string of the molecule is Cc1ccccc1NC(=O)c1cn(CCNCC2CC=CCC2)nn1. The van der Waals surface area contributed by atoms with E-state index in [1.165, 1.54) is 19.3 Å². The summed E-state index contributed by atoms with van der Waals surface area (Å²) >= 11 is 0. The summed E-state index contributed by atoms with van der Waals surface area (Å²) in [6.07, 6.45) is 9.84. The Morgan fingerprint density at radius 1 is 1.32 bits per heavy atom. The number of para-hydroxylation sites is 1. The zero-order chi connectivity index (χ0) is 17.5. The van der Waals surface area contributed by atoms with Crippen LogP contribution in [0.2, 0.25) is 0 Å². The van der Waals surface area contributed by atoms with E-state index < -0.39 is 0 Å². The second-order valence-corrected chi connectivity index (χ2v) is 6.49. The number of hydrogen-bond donors (Lipinski definition) is 2. The molecule has 0 aliphatic heterocycles. The molecule has 1 aromatic carbocycles. The van der Waals surface area contributed by atoms with E-state index in [1.54, 1.807) is 10.9 Å². The molecule has 0 bridgehead atoms. The Kier molecular flexibility index (Phi) is 5.95. The molecular formula is C19H25N5O. The molecule has 1 heterocycles. The standard InChI is InChI=1S/C19H25N5O/c1-15-7-5-6-10-17(15)21-19(25)18-14-24(23-22-18)12-11-20-13-16-8-3-2-4-9-16/h2-3,5-7,10,14,16,20H,4,8-9,11-13H2,1H3,(H,21,25). The van der Waals surface area contributed by atoms with Crippen LogP contribution in [0.5, 0.6) is 0 Å². The fraction of sp³-hybridized carbons (Fsp3) is 0.421. The van der Waals surface area contributed by atoms with Crippen molar-refractivity contribution in [2.45, 2.75) is 32.7 Å². The molecule has 1 aliphatic rings. The Hall–Kier alpha value is -2.47. The predicted molar refractivity (Wildman–Crippen MR) is 98.5 cm³/mol. The Morgan fingerprint density at radius 2 is 2.20 bits per heavy atom. The van der Waals surface area contributed by atoms with E-state index in [9.17, 15) is 4.79 Å². The van der Waals surface area contributed by atoms with Crippen LogP contribution in [-0.2, 0) is 6.54 Å². The lowest BCUT2D eigenvalue weighted by molar-refractivity contribution is 0.102. The second kappa shape index (κ2) is 8.58. The maximum Gasteiger partial charge on any atom is 0.277 e. The summed E-state index contributed by atoms with van der Waals surface area (Å²) in [5.41, 5.74) is 2.15. The minimum atomic E-state index is -0.234. The highest BCUT2D eigenvalue weighted by Crippen LogP contribution is 2.16. The van der Waals surface area contributed by atoms with Crippen LogP contribution < -0.4 is 10.6 Å². The van der Waals surface area contributed by atoms with Gasteiger partial charge in [0.1, 0.15) is 0 Å². The molecule has 1 amide bonds. The third-order valence-corrected chi connectivity index (χ3v) is 4.49. The summed E-state index contributed by atoms with van der Waals surface area (Å²) in [7, 11) is 0. The van der Waals surface area contributed by atoms with Crippen LogP contribution in [0.3, 0.4) is 0 Å². The molecule has 0 spiro atoms. The van der Waals surface area contributed by atoms with Gasteiger partial charge >= 0.3 is 0 Å². The van der Waals surface area contributed by atoms with Crippen molar-refractivity contribution in [3.05, 3.63) is 53.9 Å². The van der Waals surface area contributed by atoms with Gasteiger partial charge in [-0.1, -0.05) is 35.6 Å². The third-order valence-electron chi connectivity index (χ3n) is 4.49. The molecule has 25 heavy (non-hydrogen) atoms. The second-order valence-electron chi connectivity index (χ2n) is 6.49. The lowest BCUT2D eigenvalue weighted by Gasteiger charge is -2.17. The van der Waals surface area contributed by atoms with Crippen LogP contribution in [0.1, 0.15) is 35.3 Å². The van der Waals surface area contributed by atoms with Crippen molar-refractivity contribution < 1.29 is 4.79 Å². The third kappa shape index (κ3) is 5.00. The van der Waals surface area contributed by atoms with Gasteiger partial charge in [0, 0.05) is 12.2 Å². The minimum Gasteiger partial charge on any atom is -0.320 e. The molecular weight excluding hydrogens is 314 g/mol. The van der Waals surface area contributed by atoms with E-state index in [2.05, 4.69) is 33.1 Å². The van der Waals surface area contributed by atoms with Gasteiger partial charge in [-0.3, -0.25) is 9.48 Å². The molecule has 6 nitrogen and oxygen atoms in total. The van der Waals surface area contributed by atoms with Gasteiger partial charge < -0.3 is 10.6 Å². The molecule has 0 fully saturated rings. The fourth-order valence-electron chi connectivity index (χ4n) is 2.95. The number of aryl methyl sites for hydroxylation is 1. The van der Waals surface area contributed by atoms with Crippen LogP contribution in [0.4, 0.5) is 5.69 Å². The van der Waals surface area contributed by atoms with Crippen LogP contribution in [0.25, 0.3) is 0 Å². The molecule has 3 rings (SSSR count). The summed E-state index contributed by atoms with van der Waals surface area (Å²) in [6, 6.07) is 7.67. The molecule has 0 saturated carbocycles. The Morgan fingerprint density at radius 3 is 3.00 bits per heavy atom. The van der Waals surface area contributed by atoms with Crippen molar-refractivity contribution in [3.63, 3.8) is 0 Å². The van der Waals surface area contributed by atoms with E-state index in [4.69, 9.17) is 0 Å². The molecule has 1 unspecified atom stereocenters. The number of benzene rings is 1. The highest BCUT2D eigenvalue weighted by molar-refractivity contribution is 6.02. The first kappa shape index (κ1) is 17.4. The molecule has 1 atom stereocenters. The Balaban J connectivity index is 1.44. The summed E-state index contributed by atoms with van der Waals surface area (Å²) in [5.74, 6) is 0.499. The molecule has 0 radical (unpaired) electrons. The van der Waals surface area contributed by atoms with Crippen molar-refractivity contribution in [1.82, 2.24) is 20.3 Å². The minimum absolute atomic E-state index is 0.234. The number of aromatic nitrogens is 3. The average molecular weight is 339 g/mol. The van der Waals surface area contributed by atoms with E-state index in [0.29, 0.717) is 12.2 Å². The lowest BCUT2D eigenvalue weighted by Crippen LogP contribution is -2.27. The Bertz CT molecular complexity index is 737. The summed E-state index contributed by atoms with van der Waals surface area (Å²) < 4.78 is 1.71. The summed E-state index contributed by atoms with van der Waals surface area (Å²) in [6.45, 7) is 4.51. The van der Waals surface area contributed by atoms with Crippen molar-refractivity contribution in [2.24, 2.45) is 5.92 Å². The van der Waals surface area contributed by atoms with Crippen LogP contribution >= 0.6 is 0 Å². The smallest absolute Gasteiger partial charge is 0.277 e. The predicted octanol–water partition coefficient (Wildman–Crippen LogP) is 2.78. The van der Waals surface area contributed by atoms with Crippen molar-refractivity contribution in [1.29, 1.82) is 0 Å². The average Bonchev–Trinajstić information content (AvgIpc) is 3.11. The number of carbonyl (C=O) groups excluding carboxylic acids is 1. The first-order valence-electron chi connectivity index (χ1n) is 8.85. The van der Waals surface area contributed by atoms with Crippen LogP contribution in [-0.4, -0.2) is 34.0 Å². The van der Waals surface area contributed by atoms with Crippen molar-refractivity contribution >= 4 is 11.6 Å². The van der Waals surface area contributed by atoms with Gasteiger partial charge in [-0.05, 0) is 50.3 Å². The molecule has 2 N–H and O–H groups in total. The van der Waals surface area contributed by atoms with Gasteiger partial charge in [-0.2, -0.15) is 0 Å². The van der Waals surface area contributed by atoms with Gasteiger partial charge in [0.15, 0.2) is 5.69 Å². The zero-order valence-corrected chi connectivity index (χ0v) is 14.6. The van der Waals surface area contributed by atoms with Gasteiger partial charge in [0.2, 0.25) is 0 Å². The number of nitrogens with one attached hydrogen (secondary N) is 2. The number of allylic oxidation sites excluding steroid dienone is 2. The van der Waals surface area contributed by atoms with E-state index in [0.717, 1.165) is 30.3 Å². The lowest BCUT2D eigenvalue weighted by atomic mass is 9.94. The zero-order valence-electron chi connectivity index (χ0n) is 14.6. The molecule has 1 aromatic heterocycles. The molecule has 132 valence electrons. The topological polar surface area (TPSA) is 71.8 Å². The van der Waals surface area contributed by atoms with Gasteiger partial charge in [0.05, 0.1) is 12.7 Å². The van der Waals surface area contributed by atoms with Crippen molar-refractivity contribution in [3.8, 4) is 0 Å². The first-order chi connectivity index (χ1) is 12.2. The highest BCUT2D eigenvalue weighted by atomic mass is 16.2. The quantitative estimate of drug-likeness (QED) is 0.601. The first-order valence-corrected chi connectivity index (χ1v) is 8.85. The number of nitrogens with zero attached hydrogens (tertiary/aromatic N) is 3. The van der Waals surface area contributed by atoms with E-state index in [-0.39, 0.29) is 5.91 Å². The van der Waals surface area contributed by atoms with Gasteiger partial charge in [-0.25, -0.2) is 0 Å². The normalized spacial score (nSPS) is 16.8. The van der Waals surface area contributed by atoms with Crippen LogP contribution in [0, 0.1) is 12.8 Å². The van der Waals surface area contributed by atoms with Crippen molar-refractivity contribution in [2.75, 3.05) is 18.4 Å². The molecule has 1 aliphatic carbocycles. The maximum absolute atomic E-state index is 12.3. The maximum atomic E-state index is 12.3. The fourth-order valence-corrected chi connectivity index (χ4v) is 2.95. The Labute approximate surface area is 148 Å². The number of hydrogen-bond acceptors (Lipinski definition) is 4. The monoisotopic (exact) mass is 339 g/mol. The van der Waals surface area contributed by atoms with Gasteiger partial charge in [0.25, 0.3) is 5.91 Å². The number of amides is 1. The molecule has 6 heteroatoms. The van der Waals surface area contributed by atoms with Gasteiger partial charge in [-0.15, -0.1) is 5.10 Å². The van der Waals surface area contributed by atoms with E-state index in [1.807, 2.05) is 31.2 Å². The molecule has 2 aromatic rings.